The van der Waals surface area contributed by atoms with E-state index >= 15 is 0 Å². The number of amides is 2. The molecule has 2 N–H and O–H groups in total. The summed E-state index contributed by atoms with van der Waals surface area (Å²) >= 11 is 0. The number of hydrogen-bond acceptors (Lipinski definition) is 6. The molecule has 1 heterocycles. The number of nitrogens with one attached hydrogen (secondary N) is 2. The van der Waals surface area contributed by atoms with E-state index in [0.29, 0.717) is 29.5 Å². The van der Waals surface area contributed by atoms with Gasteiger partial charge in [-0.25, -0.2) is 14.8 Å². The van der Waals surface area contributed by atoms with Gasteiger partial charge in [0, 0.05) is 23.9 Å². The van der Waals surface area contributed by atoms with Crippen molar-refractivity contribution in [2.45, 2.75) is 6.92 Å². The van der Waals surface area contributed by atoms with Gasteiger partial charge in [-0.2, -0.15) is 0 Å². The Balaban J connectivity index is 2.01. The number of urea groups is 1. The molecule has 0 saturated carbocycles. The van der Waals surface area contributed by atoms with Crippen molar-refractivity contribution in [3.63, 3.8) is 0 Å². The fourth-order valence-electron chi connectivity index (χ4n) is 1.76. The Morgan fingerprint density at radius 1 is 1.00 bits per heavy atom. The van der Waals surface area contributed by atoms with E-state index in [1.807, 2.05) is 6.92 Å². The average Bonchev–Trinajstić information content (AvgIpc) is 2.56. The van der Waals surface area contributed by atoms with E-state index in [-0.39, 0.29) is 6.01 Å². The van der Waals surface area contributed by atoms with Gasteiger partial charge >= 0.3 is 12.0 Å². The first-order valence-electron chi connectivity index (χ1n) is 6.90. The molecule has 23 heavy (non-hydrogen) atoms. The number of rotatable bonds is 6. The minimum absolute atomic E-state index is 0.260. The summed E-state index contributed by atoms with van der Waals surface area (Å²) in [4.78, 5) is 19.9. The zero-order valence-electron chi connectivity index (χ0n) is 13.1. The topological polar surface area (TPSA) is 94.6 Å². The number of carbonyl (C=O) groups excluding carboxylic acids is 1. The molecule has 2 amide bonds. The van der Waals surface area contributed by atoms with Crippen molar-refractivity contribution in [1.82, 2.24) is 9.97 Å². The van der Waals surface area contributed by atoms with Crippen LogP contribution in [0.3, 0.4) is 0 Å². The quantitative estimate of drug-likeness (QED) is 0.850. The summed E-state index contributed by atoms with van der Waals surface area (Å²) in [6.45, 7) is 2.32. The van der Waals surface area contributed by atoms with Gasteiger partial charge in [-0.3, -0.25) is 0 Å². The summed E-state index contributed by atoms with van der Waals surface area (Å²) in [7, 11) is 3.08. The Morgan fingerprint density at radius 2 is 1.57 bits per heavy atom. The number of ether oxygens (including phenoxy) is 3. The predicted octanol–water partition coefficient (Wildman–Crippen LogP) is 2.54. The maximum atomic E-state index is 12.0. The van der Waals surface area contributed by atoms with E-state index in [0.717, 1.165) is 0 Å². The van der Waals surface area contributed by atoms with Crippen molar-refractivity contribution in [1.29, 1.82) is 0 Å². The van der Waals surface area contributed by atoms with Gasteiger partial charge in [0.15, 0.2) is 0 Å². The Labute approximate surface area is 133 Å². The van der Waals surface area contributed by atoms with Crippen LogP contribution >= 0.6 is 0 Å². The number of aromatic nitrogens is 2. The Kier molecular flexibility index (Phi) is 5.56. The van der Waals surface area contributed by atoms with Crippen molar-refractivity contribution in [2.75, 3.05) is 31.5 Å². The molecule has 0 aliphatic heterocycles. The molecule has 8 heteroatoms. The van der Waals surface area contributed by atoms with E-state index in [2.05, 4.69) is 20.6 Å². The summed E-state index contributed by atoms with van der Waals surface area (Å²) in [6.07, 6.45) is 2.92. The standard InChI is InChI=1S/C15H18N4O4/c1-4-23-15-16-8-11(9-17-15)19-14(20)18-10-5-12(21-2)7-13(6-10)22-3/h5-9H,4H2,1-3H3,(H2,18,19,20). The van der Waals surface area contributed by atoms with Crippen LogP contribution in [0.5, 0.6) is 17.5 Å². The fourth-order valence-corrected chi connectivity index (χ4v) is 1.76. The number of methoxy groups -OCH3 is 2. The highest BCUT2D eigenvalue weighted by Crippen LogP contribution is 2.25. The Morgan fingerprint density at radius 3 is 2.09 bits per heavy atom. The lowest BCUT2D eigenvalue weighted by Gasteiger charge is -2.10. The molecule has 122 valence electrons. The number of benzene rings is 1. The van der Waals surface area contributed by atoms with E-state index in [1.54, 1.807) is 18.2 Å². The molecule has 0 spiro atoms. The van der Waals surface area contributed by atoms with Gasteiger partial charge in [0.05, 0.1) is 38.9 Å². The third-order valence-corrected chi connectivity index (χ3v) is 2.77. The molecule has 0 aliphatic rings. The SMILES string of the molecule is CCOc1ncc(NC(=O)Nc2cc(OC)cc(OC)c2)cn1. The van der Waals surface area contributed by atoms with Gasteiger partial charge in [0.1, 0.15) is 11.5 Å². The van der Waals surface area contributed by atoms with Gasteiger partial charge in [-0.05, 0) is 6.92 Å². The molecule has 0 fully saturated rings. The predicted molar refractivity (Wildman–Crippen MR) is 85.4 cm³/mol. The highest BCUT2D eigenvalue weighted by atomic mass is 16.5. The van der Waals surface area contributed by atoms with Crippen molar-refractivity contribution < 1.29 is 19.0 Å². The van der Waals surface area contributed by atoms with Crippen molar-refractivity contribution >= 4 is 17.4 Å². The molecular formula is C15H18N4O4. The monoisotopic (exact) mass is 318 g/mol. The summed E-state index contributed by atoms with van der Waals surface area (Å²) in [5.74, 6) is 1.15. The molecule has 0 saturated heterocycles. The average molecular weight is 318 g/mol. The summed E-state index contributed by atoms with van der Waals surface area (Å²) in [6, 6.07) is 4.89. The Bertz CT molecular complexity index is 639. The van der Waals surface area contributed by atoms with Crippen molar-refractivity contribution in [3.8, 4) is 17.5 Å². The third kappa shape index (κ3) is 4.73. The van der Waals surface area contributed by atoms with Gasteiger partial charge in [0.25, 0.3) is 0 Å². The summed E-state index contributed by atoms with van der Waals surface area (Å²) < 4.78 is 15.4. The third-order valence-electron chi connectivity index (χ3n) is 2.77. The number of anilines is 2. The lowest BCUT2D eigenvalue weighted by atomic mass is 10.3. The zero-order chi connectivity index (χ0) is 16.7. The Hall–Kier alpha value is -3.03. The van der Waals surface area contributed by atoms with E-state index in [9.17, 15) is 4.79 Å². The first kappa shape index (κ1) is 16.3. The van der Waals surface area contributed by atoms with Crippen LogP contribution in [0.15, 0.2) is 30.6 Å². The highest BCUT2D eigenvalue weighted by Gasteiger charge is 2.07. The highest BCUT2D eigenvalue weighted by molar-refractivity contribution is 5.99. The van der Waals surface area contributed by atoms with Crippen LogP contribution in [-0.2, 0) is 0 Å². The van der Waals surface area contributed by atoms with Crippen LogP contribution in [0, 0.1) is 0 Å². The molecule has 0 atom stereocenters. The molecule has 8 nitrogen and oxygen atoms in total. The van der Waals surface area contributed by atoms with Crippen LogP contribution < -0.4 is 24.8 Å². The zero-order valence-corrected chi connectivity index (χ0v) is 13.1. The molecule has 0 bridgehead atoms. The maximum absolute atomic E-state index is 12.0. The number of carbonyl (C=O) groups is 1. The molecule has 0 radical (unpaired) electrons. The molecule has 2 rings (SSSR count). The molecule has 2 aromatic rings. The second kappa shape index (κ2) is 7.83. The van der Waals surface area contributed by atoms with Crippen LogP contribution in [0.4, 0.5) is 16.2 Å². The number of hydrogen-bond donors (Lipinski definition) is 2. The molecule has 0 aliphatic carbocycles. The minimum Gasteiger partial charge on any atom is -0.497 e. The lowest BCUT2D eigenvalue weighted by molar-refractivity contribution is 0.262. The molecule has 1 aromatic carbocycles. The van der Waals surface area contributed by atoms with Crippen LogP contribution in [0.1, 0.15) is 6.92 Å². The van der Waals surface area contributed by atoms with Crippen molar-refractivity contribution in [3.05, 3.63) is 30.6 Å². The maximum Gasteiger partial charge on any atom is 0.323 e. The largest absolute Gasteiger partial charge is 0.497 e. The van der Waals surface area contributed by atoms with Crippen LogP contribution in [0.25, 0.3) is 0 Å². The van der Waals surface area contributed by atoms with Crippen LogP contribution in [-0.4, -0.2) is 36.8 Å². The minimum atomic E-state index is -0.437. The van der Waals surface area contributed by atoms with E-state index < -0.39 is 6.03 Å². The van der Waals surface area contributed by atoms with Gasteiger partial charge in [0.2, 0.25) is 0 Å². The first-order valence-corrected chi connectivity index (χ1v) is 6.90. The fraction of sp³-hybridized carbons (Fsp3) is 0.267. The molecule has 1 aromatic heterocycles. The summed E-state index contributed by atoms with van der Waals surface area (Å²) in [5.41, 5.74) is 0.978. The first-order chi connectivity index (χ1) is 11.1. The van der Waals surface area contributed by atoms with Gasteiger partial charge in [-0.1, -0.05) is 0 Å². The van der Waals surface area contributed by atoms with Gasteiger partial charge in [-0.15, -0.1) is 0 Å². The molecular weight excluding hydrogens is 300 g/mol. The molecule has 0 unspecified atom stereocenters. The smallest absolute Gasteiger partial charge is 0.323 e. The second-order valence-corrected chi connectivity index (χ2v) is 4.37. The summed E-state index contributed by atoms with van der Waals surface area (Å²) in [5, 5.41) is 5.31. The second-order valence-electron chi connectivity index (χ2n) is 4.37. The number of nitrogens with zero attached hydrogens (tertiary/aromatic N) is 2. The van der Waals surface area contributed by atoms with Gasteiger partial charge < -0.3 is 24.8 Å². The van der Waals surface area contributed by atoms with E-state index in [1.165, 1.54) is 26.6 Å². The van der Waals surface area contributed by atoms with E-state index in [4.69, 9.17) is 14.2 Å². The normalized spacial score (nSPS) is 9.87. The van der Waals surface area contributed by atoms with Crippen molar-refractivity contribution in [2.24, 2.45) is 0 Å². The van der Waals surface area contributed by atoms with Crippen LogP contribution in [0.2, 0.25) is 0 Å². The lowest BCUT2D eigenvalue weighted by Crippen LogP contribution is -2.19.